The maximum absolute atomic E-state index is 13.8. The van der Waals surface area contributed by atoms with Gasteiger partial charge in [-0.15, -0.1) is 0 Å². The molecule has 88 valence electrons. The van der Waals surface area contributed by atoms with Crippen molar-refractivity contribution < 1.29 is 4.39 Å². The van der Waals surface area contributed by atoms with E-state index in [0.717, 1.165) is 35.4 Å². The molecule has 0 spiro atoms. The second-order valence-corrected chi connectivity index (χ2v) is 4.50. The lowest BCUT2D eigenvalue weighted by Gasteiger charge is -2.18. The molecule has 1 aromatic carbocycles. The fourth-order valence-electron chi connectivity index (χ4n) is 2.69. The van der Waals surface area contributed by atoms with E-state index in [4.69, 9.17) is 0 Å². The molecule has 4 heteroatoms. The summed E-state index contributed by atoms with van der Waals surface area (Å²) in [5.41, 5.74) is 3.98. The smallest absolute Gasteiger partial charge is 0.132 e. The molecule has 3 heterocycles. The van der Waals surface area contributed by atoms with Crippen molar-refractivity contribution >= 4 is 10.9 Å². The van der Waals surface area contributed by atoms with Crippen molar-refractivity contribution in [2.24, 2.45) is 0 Å². The molecule has 3 nitrogen and oxygen atoms in total. The highest BCUT2D eigenvalue weighted by Crippen LogP contribution is 2.33. The average molecular weight is 239 g/mol. The molecule has 0 amide bonds. The molecule has 0 fully saturated rings. The van der Waals surface area contributed by atoms with Crippen molar-refractivity contribution in [3.63, 3.8) is 0 Å². The zero-order valence-electron chi connectivity index (χ0n) is 9.60. The average Bonchev–Trinajstić information content (AvgIpc) is 2.79. The van der Waals surface area contributed by atoms with Crippen LogP contribution in [0.25, 0.3) is 22.3 Å². The number of fused-ring (bicyclic) bond motifs is 5. The van der Waals surface area contributed by atoms with E-state index in [0.29, 0.717) is 5.39 Å². The van der Waals surface area contributed by atoms with E-state index in [1.165, 1.54) is 6.07 Å². The van der Waals surface area contributed by atoms with Gasteiger partial charge in [0.25, 0.3) is 0 Å². The lowest BCUT2D eigenvalue weighted by molar-refractivity contribution is 0.639. The van der Waals surface area contributed by atoms with E-state index in [9.17, 15) is 4.39 Å². The molecule has 0 saturated heterocycles. The predicted molar refractivity (Wildman–Crippen MR) is 66.6 cm³/mol. The lowest BCUT2D eigenvalue weighted by atomic mass is 10.1. The molecule has 3 aromatic rings. The Kier molecular flexibility index (Phi) is 1.84. The lowest BCUT2D eigenvalue weighted by Crippen LogP contribution is -2.11. The fraction of sp³-hybridized carbons (Fsp3) is 0.143. The monoisotopic (exact) mass is 239 g/mol. The minimum atomic E-state index is -0.176. The molecule has 0 bridgehead atoms. The number of nitrogens with zero attached hydrogens (tertiary/aromatic N) is 3. The topological polar surface area (TPSA) is 30.7 Å². The minimum Gasteiger partial charge on any atom is -0.339 e. The van der Waals surface area contributed by atoms with E-state index in [2.05, 4.69) is 14.5 Å². The van der Waals surface area contributed by atoms with Crippen molar-refractivity contribution in [3.05, 3.63) is 48.2 Å². The van der Waals surface area contributed by atoms with Crippen LogP contribution in [-0.4, -0.2) is 14.5 Å². The van der Waals surface area contributed by atoms with Gasteiger partial charge in [-0.05, 0) is 24.6 Å². The molecule has 0 saturated carbocycles. The van der Waals surface area contributed by atoms with Crippen LogP contribution in [0, 0.1) is 5.82 Å². The summed E-state index contributed by atoms with van der Waals surface area (Å²) >= 11 is 0. The Bertz CT molecular complexity index is 761. The number of hydrogen-bond donors (Lipinski definition) is 0. The van der Waals surface area contributed by atoms with Gasteiger partial charge in [0.2, 0.25) is 0 Å². The molecular formula is C14H10FN3. The van der Waals surface area contributed by atoms with E-state index >= 15 is 0 Å². The van der Waals surface area contributed by atoms with Gasteiger partial charge in [-0.1, -0.05) is 6.07 Å². The minimum absolute atomic E-state index is 0.176. The number of halogens is 1. The van der Waals surface area contributed by atoms with Gasteiger partial charge < -0.3 is 4.57 Å². The molecule has 1 aliphatic heterocycles. The molecule has 18 heavy (non-hydrogen) atoms. The summed E-state index contributed by atoms with van der Waals surface area (Å²) in [6.45, 7) is 0.850. The van der Waals surface area contributed by atoms with Crippen molar-refractivity contribution in [3.8, 4) is 11.4 Å². The van der Waals surface area contributed by atoms with Crippen LogP contribution in [0.3, 0.4) is 0 Å². The Morgan fingerprint density at radius 1 is 1.28 bits per heavy atom. The summed E-state index contributed by atoms with van der Waals surface area (Å²) in [5, 5.41) is 0.666. The molecule has 2 aromatic heterocycles. The van der Waals surface area contributed by atoms with E-state index in [-0.39, 0.29) is 5.82 Å². The summed E-state index contributed by atoms with van der Waals surface area (Å²) in [6, 6.07) is 7.08. The van der Waals surface area contributed by atoms with Gasteiger partial charge in [0.1, 0.15) is 12.1 Å². The Labute approximate surface area is 103 Å². The van der Waals surface area contributed by atoms with Gasteiger partial charge in [-0.25, -0.2) is 14.4 Å². The van der Waals surface area contributed by atoms with Crippen molar-refractivity contribution in [2.75, 3.05) is 0 Å². The third-order valence-corrected chi connectivity index (χ3v) is 3.53. The fourth-order valence-corrected chi connectivity index (χ4v) is 2.69. The predicted octanol–water partition coefficient (Wildman–Crippen LogP) is 2.79. The highest BCUT2D eigenvalue weighted by Gasteiger charge is 2.20. The van der Waals surface area contributed by atoms with Crippen LogP contribution in [-0.2, 0) is 13.0 Å². The third kappa shape index (κ3) is 1.17. The second-order valence-electron chi connectivity index (χ2n) is 4.50. The van der Waals surface area contributed by atoms with Crippen LogP contribution < -0.4 is 0 Å². The summed E-state index contributed by atoms with van der Waals surface area (Å²) in [6.07, 6.45) is 4.28. The van der Waals surface area contributed by atoms with Crippen LogP contribution >= 0.6 is 0 Å². The summed E-state index contributed by atoms with van der Waals surface area (Å²) < 4.78 is 15.9. The summed E-state index contributed by atoms with van der Waals surface area (Å²) in [5.74, 6) is -0.176. The first-order chi connectivity index (χ1) is 8.84. The zero-order chi connectivity index (χ0) is 12.1. The second kappa shape index (κ2) is 3.38. The first-order valence-electron chi connectivity index (χ1n) is 5.91. The standard InChI is InChI=1S/C14H10FN3/c15-11-2-1-3-12-10(11)6-13-14-9(4-5-18(12)13)7-16-8-17-14/h1-3,6-8H,4-5H2. The number of aryl methyl sites for hydroxylation is 2. The van der Waals surface area contributed by atoms with Gasteiger partial charge in [0.15, 0.2) is 0 Å². The Morgan fingerprint density at radius 2 is 2.22 bits per heavy atom. The number of aromatic nitrogens is 3. The third-order valence-electron chi connectivity index (χ3n) is 3.53. The highest BCUT2D eigenvalue weighted by atomic mass is 19.1. The molecule has 0 aliphatic carbocycles. The van der Waals surface area contributed by atoms with Crippen molar-refractivity contribution in [2.45, 2.75) is 13.0 Å². The largest absolute Gasteiger partial charge is 0.339 e. The molecule has 0 N–H and O–H groups in total. The van der Waals surface area contributed by atoms with Crippen LogP contribution in [0.1, 0.15) is 5.56 Å². The van der Waals surface area contributed by atoms with E-state index in [1.807, 2.05) is 18.3 Å². The summed E-state index contributed by atoms with van der Waals surface area (Å²) in [4.78, 5) is 8.38. The normalized spacial score (nSPS) is 13.4. The van der Waals surface area contributed by atoms with Gasteiger partial charge in [-0.3, -0.25) is 0 Å². The van der Waals surface area contributed by atoms with Crippen LogP contribution in [0.4, 0.5) is 4.39 Å². The molecule has 0 atom stereocenters. The first-order valence-corrected chi connectivity index (χ1v) is 5.91. The van der Waals surface area contributed by atoms with Crippen molar-refractivity contribution in [1.29, 1.82) is 0 Å². The Hall–Kier alpha value is -2.23. The highest BCUT2D eigenvalue weighted by molar-refractivity contribution is 5.87. The van der Waals surface area contributed by atoms with Crippen LogP contribution in [0.15, 0.2) is 36.8 Å². The van der Waals surface area contributed by atoms with Gasteiger partial charge in [-0.2, -0.15) is 0 Å². The van der Waals surface area contributed by atoms with Crippen LogP contribution in [0.5, 0.6) is 0 Å². The van der Waals surface area contributed by atoms with E-state index in [1.54, 1.807) is 12.4 Å². The number of hydrogen-bond acceptors (Lipinski definition) is 2. The van der Waals surface area contributed by atoms with E-state index < -0.39 is 0 Å². The van der Waals surface area contributed by atoms with Gasteiger partial charge in [0, 0.05) is 23.7 Å². The quantitative estimate of drug-likeness (QED) is 0.604. The zero-order valence-corrected chi connectivity index (χ0v) is 9.60. The maximum atomic E-state index is 13.8. The molecule has 4 rings (SSSR count). The van der Waals surface area contributed by atoms with Crippen molar-refractivity contribution in [1.82, 2.24) is 14.5 Å². The van der Waals surface area contributed by atoms with Gasteiger partial charge in [0.05, 0.1) is 16.9 Å². The first kappa shape index (κ1) is 9.76. The Balaban J connectivity index is 2.11. The molecule has 0 radical (unpaired) electrons. The number of benzene rings is 1. The molecule has 1 aliphatic rings. The SMILES string of the molecule is Fc1cccc2c1cc1n2CCc2cncnc2-1. The van der Waals surface area contributed by atoms with Crippen LogP contribution in [0.2, 0.25) is 0 Å². The Morgan fingerprint density at radius 3 is 3.17 bits per heavy atom. The van der Waals surface area contributed by atoms with Gasteiger partial charge >= 0.3 is 0 Å². The maximum Gasteiger partial charge on any atom is 0.132 e. The number of rotatable bonds is 0. The molecular weight excluding hydrogens is 229 g/mol. The summed E-state index contributed by atoms with van der Waals surface area (Å²) in [7, 11) is 0. The molecule has 0 unspecified atom stereocenters.